The summed E-state index contributed by atoms with van der Waals surface area (Å²) in [7, 11) is -1.76. The molecule has 0 unspecified atom stereocenters. The number of nitrogens with one attached hydrogen (secondary N) is 1. The van der Waals surface area contributed by atoms with Gasteiger partial charge in [0.05, 0.1) is 12.0 Å². The highest BCUT2D eigenvalue weighted by Crippen LogP contribution is 2.38. The van der Waals surface area contributed by atoms with E-state index < -0.39 is 10.0 Å². The quantitative estimate of drug-likeness (QED) is 0.490. The van der Waals surface area contributed by atoms with Crippen LogP contribution in [0.2, 0.25) is 0 Å². The summed E-state index contributed by atoms with van der Waals surface area (Å²) in [5.41, 5.74) is 1.25. The zero-order chi connectivity index (χ0) is 16.9. The van der Waals surface area contributed by atoms with Crippen LogP contribution in [0.5, 0.6) is 5.75 Å². The molecule has 8 heteroatoms. The lowest BCUT2D eigenvalue weighted by atomic mass is 9.82. The van der Waals surface area contributed by atoms with Crippen molar-refractivity contribution in [3.63, 3.8) is 0 Å². The summed E-state index contributed by atoms with van der Waals surface area (Å²) in [5, 5.41) is 7.26. The van der Waals surface area contributed by atoms with E-state index in [0.717, 1.165) is 12.8 Å². The van der Waals surface area contributed by atoms with E-state index in [4.69, 9.17) is 14.7 Å². The van der Waals surface area contributed by atoms with E-state index in [2.05, 4.69) is 0 Å². The lowest BCUT2D eigenvalue weighted by Gasteiger charge is -2.44. The van der Waals surface area contributed by atoms with Gasteiger partial charge >= 0.3 is 0 Å². The summed E-state index contributed by atoms with van der Waals surface area (Å²) in [5.74, 6) is 1.23. The van der Waals surface area contributed by atoms with Gasteiger partial charge in [0.15, 0.2) is 0 Å². The van der Waals surface area contributed by atoms with E-state index in [-0.39, 0.29) is 12.5 Å². The fourth-order valence-electron chi connectivity index (χ4n) is 3.20. The molecule has 2 aliphatic heterocycles. The second-order valence-corrected chi connectivity index (χ2v) is 7.56. The van der Waals surface area contributed by atoms with Crippen molar-refractivity contribution in [3.8, 4) is 5.75 Å². The van der Waals surface area contributed by atoms with Gasteiger partial charge in [-0.25, -0.2) is 13.9 Å². The van der Waals surface area contributed by atoms with Gasteiger partial charge in [-0.05, 0) is 55.9 Å². The number of benzene rings is 1. The van der Waals surface area contributed by atoms with Crippen LogP contribution in [0.1, 0.15) is 25.7 Å². The topological polar surface area (TPSA) is 95.9 Å². The number of sulfonamides is 1. The summed E-state index contributed by atoms with van der Waals surface area (Å²) < 4.78 is 32.1. The molecular weight excluding hydrogens is 320 g/mol. The minimum atomic E-state index is -3.34. The Balaban J connectivity index is 0.000000433. The predicted molar refractivity (Wildman–Crippen MR) is 83.6 cm³/mol. The number of fused-ring (bicyclic) bond motifs is 3. The van der Waals surface area contributed by atoms with Crippen LogP contribution in [0.25, 0.3) is 0 Å². The highest BCUT2D eigenvalue weighted by Gasteiger charge is 2.40. The van der Waals surface area contributed by atoms with Crippen LogP contribution in [0.3, 0.4) is 0 Å². The molecule has 0 radical (unpaired) electrons. The van der Waals surface area contributed by atoms with Crippen molar-refractivity contribution in [1.82, 2.24) is 9.79 Å². The van der Waals surface area contributed by atoms with Crippen molar-refractivity contribution < 1.29 is 23.2 Å². The van der Waals surface area contributed by atoms with Gasteiger partial charge in [-0.15, -0.1) is 0 Å². The maximum absolute atomic E-state index is 12.7. The Labute approximate surface area is 136 Å². The molecule has 1 aliphatic carbocycles. The molecule has 3 fully saturated rings. The third-order valence-corrected chi connectivity index (χ3v) is 6.31. The number of methoxy groups -OCH3 is 1. The number of hydrogen-bond acceptors (Lipinski definition) is 5. The van der Waals surface area contributed by atoms with Crippen molar-refractivity contribution in [2.24, 2.45) is 5.92 Å². The Hall–Kier alpha value is -1.64. The van der Waals surface area contributed by atoms with Crippen LogP contribution < -0.4 is 10.2 Å². The molecule has 128 valence electrons. The van der Waals surface area contributed by atoms with E-state index in [9.17, 15) is 8.42 Å². The first-order chi connectivity index (χ1) is 11.0. The van der Waals surface area contributed by atoms with Gasteiger partial charge in [0, 0.05) is 12.6 Å². The summed E-state index contributed by atoms with van der Waals surface area (Å²) in [6.45, 7) is 0.693. The van der Waals surface area contributed by atoms with E-state index in [0.29, 0.717) is 23.1 Å². The fourth-order valence-corrected chi connectivity index (χ4v) is 4.96. The first-order valence-electron chi connectivity index (χ1n) is 7.52. The molecule has 0 spiro atoms. The number of carbonyl (C=O) groups excluding carboxylic acids is 1. The Bertz CT molecular complexity index is 609. The summed E-state index contributed by atoms with van der Waals surface area (Å²) >= 11 is 0. The van der Waals surface area contributed by atoms with Gasteiger partial charge in [-0.2, -0.15) is 4.31 Å². The van der Waals surface area contributed by atoms with Gasteiger partial charge in [0.2, 0.25) is 16.4 Å². The molecule has 1 aromatic carbocycles. The number of nitrogens with zero attached hydrogens (tertiary/aromatic N) is 1. The van der Waals surface area contributed by atoms with Crippen LogP contribution in [0.4, 0.5) is 0 Å². The average Bonchev–Trinajstić information content (AvgIpc) is 2.63. The van der Waals surface area contributed by atoms with Crippen molar-refractivity contribution in [2.45, 2.75) is 36.6 Å². The van der Waals surface area contributed by atoms with Crippen molar-refractivity contribution in [3.05, 3.63) is 24.3 Å². The number of hydroxylamine groups is 1. The fraction of sp³-hybridized carbons (Fsp3) is 0.533. The molecule has 2 saturated heterocycles. The van der Waals surface area contributed by atoms with Crippen molar-refractivity contribution in [1.29, 1.82) is 0 Å². The predicted octanol–water partition coefficient (Wildman–Crippen LogP) is 1.38. The highest BCUT2D eigenvalue weighted by molar-refractivity contribution is 7.89. The molecule has 23 heavy (non-hydrogen) atoms. The minimum absolute atomic E-state index is 0.181. The van der Waals surface area contributed by atoms with Gasteiger partial charge in [-0.3, -0.25) is 10.0 Å². The minimum Gasteiger partial charge on any atom is -0.497 e. The normalized spacial score (nSPS) is 23.6. The average molecular weight is 342 g/mol. The third-order valence-electron chi connectivity index (χ3n) is 4.38. The van der Waals surface area contributed by atoms with Gasteiger partial charge < -0.3 is 4.74 Å². The SMILES string of the molecule is COc1ccc(S(=O)(=O)N2CC3CCC2CC3)cc1.O=CNO. The van der Waals surface area contributed by atoms with Crippen LogP contribution in [-0.4, -0.2) is 44.0 Å². The number of ether oxygens (including phenoxy) is 1. The zero-order valence-electron chi connectivity index (χ0n) is 13.0. The first-order valence-corrected chi connectivity index (χ1v) is 8.96. The van der Waals surface area contributed by atoms with E-state index in [1.54, 1.807) is 35.7 Å². The van der Waals surface area contributed by atoms with E-state index in [1.807, 2.05) is 0 Å². The smallest absolute Gasteiger partial charge is 0.243 e. The maximum Gasteiger partial charge on any atom is 0.243 e. The lowest BCUT2D eigenvalue weighted by molar-refractivity contribution is -0.116. The first kappa shape index (κ1) is 17.7. The van der Waals surface area contributed by atoms with E-state index >= 15 is 0 Å². The Kier molecular flexibility index (Phi) is 5.97. The zero-order valence-corrected chi connectivity index (χ0v) is 13.8. The molecular formula is C15H22N2O5S. The number of rotatable bonds is 4. The molecule has 0 atom stereocenters. The summed E-state index contributed by atoms with van der Waals surface area (Å²) in [6.07, 6.45) is 4.57. The Morgan fingerprint density at radius 2 is 1.78 bits per heavy atom. The van der Waals surface area contributed by atoms with Crippen LogP contribution in [-0.2, 0) is 14.8 Å². The number of piperidine rings is 2. The number of amides is 1. The standard InChI is InChI=1S/C14H19NO3S.CH3NO2/c1-18-13-6-8-14(9-7-13)19(16,17)15-10-11-2-4-12(15)5-3-11;3-1-2-4/h6-9,11-12H,2-5,10H2,1H3;1,4H,(H,2,3). The Morgan fingerprint density at radius 1 is 1.22 bits per heavy atom. The molecule has 2 bridgehead atoms. The summed E-state index contributed by atoms with van der Waals surface area (Å²) in [6, 6.07) is 6.88. The molecule has 2 heterocycles. The molecule has 4 rings (SSSR count). The number of hydrogen-bond donors (Lipinski definition) is 2. The largest absolute Gasteiger partial charge is 0.497 e. The van der Waals surface area contributed by atoms with Crippen molar-refractivity contribution >= 4 is 16.4 Å². The molecule has 1 aromatic rings. The monoisotopic (exact) mass is 342 g/mol. The van der Waals surface area contributed by atoms with E-state index in [1.165, 1.54) is 18.3 Å². The second kappa shape index (κ2) is 7.76. The summed E-state index contributed by atoms with van der Waals surface area (Å²) in [4.78, 5) is 9.19. The lowest BCUT2D eigenvalue weighted by Crippen LogP contribution is -2.50. The highest BCUT2D eigenvalue weighted by atomic mass is 32.2. The second-order valence-electron chi connectivity index (χ2n) is 5.67. The van der Waals surface area contributed by atoms with Crippen molar-refractivity contribution in [2.75, 3.05) is 13.7 Å². The van der Waals surface area contributed by atoms with Crippen LogP contribution in [0, 0.1) is 5.92 Å². The van der Waals surface area contributed by atoms with Crippen LogP contribution in [0.15, 0.2) is 29.2 Å². The third kappa shape index (κ3) is 4.01. The molecule has 1 amide bonds. The van der Waals surface area contributed by atoms with Gasteiger partial charge in [0.25, 0.3) is 0 Å². The molecule has 2 N–H and O–H groups in total. The maximum atomic E-state index is 12.7. The molecule has 3 aliphatic rings. The molecule has 1 saturated carbocycles. The number of carbonyl (C=O) groups is 1. The molecule has 7 nitrogen and oxygen atoms in total. The van der Waals surface area contributed by atoms with Crippen LogP contribution >= 0.6 is 0 Å². The molecule has 0 aromatic heterocycles. The van der Waals surface area contributed by atoms with Gasteiger partial charge in [0.1, 0.15) is 5.75 Å². The Morgan fingerprint density at radius 3 is 2.17 bits per heavy atom. The van der Waals surface area contributed by atoms with Gasteiger partial charge in [-0.1, -0.05) is 0 Å².